The fraction of sp³-hybridized carbons (Fsp3) is 0.545. The monoisotopic (exact) mass is 252 g/mol. The lowest BCUT2D eigenvalue weighted by atomic mass is 9.91. The number of fused-ring (bicyclic) bond motifs is 1. The van der Waals surface area contributed by atoms with Gasteiger partial charge in [-0.15, -0.1) is 0 Å². The quantitative estimate of drug-likeness (QED) is 0.684. The molecule has 0 spiro atoms. The molecule has 1 heterocycles. The van der Waals surface area contributed by atoms with E-state index in [4.69, 9.17) is 16.6 Å². The van der Waals surface area contributed by atoms with Gasteiger partial charge in [-0.3, -0.25) is 9.48 Å². The van der Waals surface area contributed by atoms with Gasteiger partial charge in [-0.2, -0.15) is 5.10 Å². The number of carboxylic acid groups (broad SMARTS) is 1. The highest BCUT2D eigenvalue weighted by molar-refractivity contribution is 5.87. The molecule has 0 fully saturated rings. The number of aromatic nitrogens is 2. The summed E-state index contributed by atoms with van der Waals surface area (Å²) in [6, 6.07) is -0.290. The Balaban J connectivity index is 2.39. The first-order valence-corrected chi connectivity index (χ1v) is 5.87. The largest absolute Gasteiger partial charge is 0.476 e. The van der Waals surface area contributed by atoms with Crippen LogP contribution in [0.15, 0.2) is 0 Å². The highest BCUT2D eigenvalue weighted by atomic mass is 16.4. The van der Waals surface area contributed by atoms with E-state index in [1.165, 1.54) is 0 Å². The number of carbonyl (C=O) groups is 2. The number of aryl methyl sites for hydroxylation is 1. The Labute approximate surface area is 104 Å². The smallest absolute Gasteiger partial charge is 0.356 e. The van der Waals surface area contributed by atoms with Gasteiger partial charge in [-0.1, -0.05) is 0 Å². The van der Waals surface area contributed by atoms with Crippen LogP contribution in [-0.2, 0) is 17.8 Å². The molecule has 0 saturated carbocycles. The van der Waals surface area contributed by atoms with Crippen molar-refractivity contribution in [1.29, 1.82) is 0 Å². The van der Waals surface area contributed by atoms with E-state index in [0.29, 0.717) is 12.1 Å². The Morgan fingerprint density at radius 1 is 1.50 bits per heavy atom. The van der Waals surface area contributed by atoms with E-state index in [1.54, 1.807) is 4.68 Å². The number of rotatable bonds is 4. The van der Waals surface area contributed by atoms with Crippen molar-refractivity contribution in [2.24, 2.45) is 11.5 Å². The van der Waals surface area contributed by atoms with E-state index in [2.05, 4.69) is 5.10 Å². The second-order valence-corrected chi connectivity index (χ2v) is 4.45. The van der Waals surface area contributed by atoms with Crippen molar-refractivity contribution in [2.45, 2.75) is 38.3 Å². The lowest BCUT2D eigenvalue weighted by Crippen LogP contribution is -2.21. The summed E-state index contributed by atoms with van der Waals surface area (Å²) in [6.45, 7) is 0.303. The number of primary amides is 1. The Kier molecular flexibility index (Phi) is 3.33. The molecular formula is C11H16N4O3. The number of nitrogens with two attached hydrogens (primary N) is 2. The maximum absolute atomic E-state index is 11.1. The van der Waals surface area contributed by atoms with Crippen LogP contribution in [0.1, 0.15) is 47.1 Å². The van der Waals surface area contributed by atoms with E-state index < -0.39 is 11.9 Å². The van der Waals surface area contributed by atoms with Crippen molar-refractivity contribution in [3.8, 4) is 0 Å². The predicted octanol–water partition coefficient (Wildman–Crippen LogP) is -0.207. The molecule has 18 heavy (non-hydrogen) atoms. The SMILES string of the molecule is NC(=O)CCn1nc(C(=O)O)c2c1CCCC2N. The molecule has 1 aromatic rings. The molecule has 0 aliphatic heterocycles. The molecule has 0 radical (unpaired) electrons. The van der Waals surface area contributed by atoms with Gasteiger partial charge in [0.25, 0.3) is 0 Å². The summed E-state index contributed by atoms with van der Waals surface area (Å²) >= 11 is 0. The number of hydrogen-bond donors (Lipinski definition) is 3. The van der Waals surface area contributed by atoms with Gasteiger partial charge in [0.2, 0.25) is 5.91 Å². The second kappa shape index (κ2) is 4.77. The highest BCUT2D eigenvalue weighted by Gasteiger charge is 2.29. The number of nitrogens with zero attached hydrogens (tertiary/aromatic N) is 2. The maximum Gasteiger partial charge on any atom is 0.356 e. The first-order valence-electron chi connectivity index (χ1n) is 5.87. The minimum atomic E-state index is -1.08. The first kappa shape index (κ1) is 12.6. The molecule has 1 unspecified atom stereocenters. The van der Waals surface area contributed by atoms with E-state index in [0.717, 1.165) is 25.0 Å². The molecule has 98 valence electrons. The molecular weight excluding hydrogens is 236 g/mol. The second-order valence-electron chi connectivity index (χ2n) is 4.45. The van der Waals surface area contributed by atoms with Crippen molar-refractivity contribution < 1.29 is 14.7 Å². The summed E-state index contributed by atoms with van der Waals surface area (Å²) in [4.78, 5) is 21.9. The summed E-state index contributed by atoms with van der Waals surface area (Å²) in [6.07, 6.45) is 2.54. The van der Waals surface area contributed by atoms with Crippen molar-refractivity contribution in [2.75, 3.05) is 0 Å². The minimum Gasteiger partial charge on any atom is -0.476 e. The number of aromatic carboxylic acids is 1. The summed E-state index contributed by atoms with van der Waals surface area (Å²) < 4.78 is 1.56. The van der Waals surface area contributed by atoms with Gasteiger partial charge in [0.15, 0.2) is 5.69 Å². The van der Waals surface area contributed by atoms with Crippen LogP contribution in [-0.4, -0.2) is 26.8 Å². The standard InChI is InChI=1S/C11H16N4O3/c12-6-2-1-3-7-9(6)10(11(17)18)14-15(7)5-4-8(13)16/h6H,1-5,12H2,(H2,13,16)(H,17,18). The molecule has 0 aromatic carbocycles. The van der Waals surface area contributed by atoms with Gasteiger partial charge in [-0.25, -0.2) is 4.79 Å². The topological polar surface area (TPSA) is 124 Å². The fourth-order valence-electron chi connectivity index (χ4n) is 2.36. The number of hydrogen-bond acceptors (Lipinski definition) is 4. The van der Waals surface area contributed by atoms with Crippen LogP contribution in [0.2, 0.25) is 0 Å². The van der Waals surface area contributed by atoms with Crippen molar-refractivity contribution >= 4 is 11.9 Å². The van der Waals surface area contributed by atoms with Crippen molar-refractivity contribution in [3.63, 3.8) is 0 Å². The molecule has 0 saturated heterocycles. The third kappa shape index (κ3) is 2.21. The summed E-state index contributed by atoms with van der Waals surface area (Å²) in [5.41, 5.74) is 12.5. The Bertz CT molecular complexity index is 495. The third-order valence-electron chi connectivity index (χ3n) is 3.17. The zero-order chi connectivity index (χ0) is 13.3. The van der Waals surface area contributed by atoms with Crippen LogP contribution in [0.25, 0.3) is 0 Å². The van der Waals surface area contributed by atoms with Crippen LogP contribution >= 0.6 is 0 Å². The van der Waals surface area contributed by atoms with Crippen LogP contribution in [0.3, 0.4) is 0 Å². The van der Waals surface area contributed by atoms with Crippen molar-refractivity contribution in [3.05, 3.63) is 17.0 Å². The summed E-state index contributed by atoms with van der Waals surface area (Å²) in [5.74, 6) is -1.52. The van der Waals surface area contributed by atoms with Gasteiger partial charge in [0.1, 0.15) is 0 Å². The number of carbonyl (C=O) groups excluding carboxylic acids is 1. The molecule has 1 amide bonds. The maximum atomic E-state index is 11.1. The molecule has 1 aliphatic carbocycles. The van der Waals surface area contributed by atoms with E-state index in [1.807, 2.05) is 0 Å². The molecule has 1 aromatic heterocycles. The van der Waals surface area contributed by atoms with Crippen LogP contribution in [0.4, 0.5) is 0 Å². The lowest BCUT2D eigenvalue weighted by molar-refractivity contribution is -0.118. The Hall–Kier alpha value is -1.89. The lowest BCUT2D eigenvalue weighted by Gasteiger charge is -2.19. The van der Waals surface area contributed by atoms with E-state index in [-0.39, 0.29) is 18.2 Å². The van der Waals surface area contributed by atoms with E-state index in [9.17, 15) is 9.59 Å². The molecule has 5 N–H and O–H groups in total. The van der Waals surface area contributed by atoms with Gasteiger partial charge in [-0.05, 0) is 19.3 Å². The van der Waals surface area contributed by atoms with Crippen LogP contribution in [0.5, 0.6) is 0 Å². The number of amides is 1. The van der Waals surface area contributed by atoms with Crippen LogP contribution in [0, 0.1) is 0 Å². The van der Waals surface area contributed by atoms with Crippen LogP contribution < -0.4 is 11.5 Å². The fourth-order valence-corrected chi connectivity index (χ4v) is 2.36. The van der Waals surface area contributed by atoms with Crippen molar-refractivity contribution in [1.82, 2.24) is 9.78 Å². The third-order valence-corrected chi connectivity index (χ3v) is 3.17. The van der Waals surface area contributed by atoms with Gasteiger partial charge >= 0.3 is 5.97 Å². The summed E-state index contributed by atoms with van der Waals surface area (Å²) in [5, 5.41) is 13.2. The zero-order valence-electron chi connectivity index (χ0n) is 9.93. The Morgan fingerprint density at radius 2 is 2.22 bits per heavy atom. The highest BCUT2D eigenvalue weighted by Crippen LogP contribution is 2.30. The van der Waals surface area contributed by atoms with Gasteiger partial charge in [0.05, 0.1) is 0 Å². The molecule has 2 rings (SSSR count). The van der Waals surface area contributed by atoms with Gasteiger partial charge < -0.3 is 16.6 Å². The summed E-state index contributed by atoms with van der Waals surface area (Å²) in [7, 11) is 0. The predicted molar refractivity (Wildman–Crippen MR) is 62.9 cm³/mol. The molecule has 1 atom stereocenters. The average Bonchev–Trinajstić information content (AvgIpc) is 2.67. The average molecular weight is 252 g/mol. The normalized spacial score (nSPS) is 18.4. The minimum absolute atomic E-state index is 0.00155. The Morgan fingerprint density at radius 3 is 2.83 bits per heavy atom. The molecule has 1 aliphatic rings. The first-order chi connectivity index (χ1) is 8.50. The molecule has 0 bridgehead atoms. The zero-order valence-corrected chi connectivity index (χ0v) is 9.93. The number of carboxylic acids is 1. The van der Waals surface area contributed by atoms with E-state index >= 15 is 0 Å². The van der Waals surface area contributed by atoms with Gasteiger partial charge in [0, 0.05) is 30.3 Å². The molecule has 7 heteroatoms. The molecule has 7 nitrogen and oxygen atoms in total.